The Kier molecular flexibility index (Phi) is 6.92. The normalized spacial score (nSPS) is 14.6. The molecule has 5 heteroatoms. The Labute approximate surface area is 89.4 Å². The number of alkyl halides is 3. The maximum Gasteiger partial charge on any atom is 0.401 e. The Balaban J connectivity index is 4.07. The molecule has 0 aliphatic carbocycles. The van der Waals surface area contributed by atoms with Crippen molar-refractivity contribution in [3.63, 3.8) is 0 Å². The van der Waals surface area contributed by atoms with Crippen molar-refractivity contribution in [3.8, 4) is 0 Å². The predicted molar refractivity (Wildman–Crippen MR) is 53.9 cm³/mol. The minimum atomic E-state index is -4.13. The van der Waals surface area contributed by atoms with E-state index in [0.717, 1.165) is 0 Å². The van der Waals surface area contributed by atoms with Gasteiger partial charge in [-0.25, -0.2) is 0 Å². The number of halogens is 3. The monoisotopic (exact) mass is 227 g/mol. The Hall–Kier alpha value is -0.290. The quantitative estimate of drug-likeness (QED) is 0.620. The van der Waals surface area contributed by atoms with Crippen LogP contribution in [0.1, 0.15) is 27.2 Å². The summed E-state index contributed by atoms with van der Waals surface area (Å²) in [4.78, 5) is 1.41. The van der Waals surface area contributed by atoms with E-state index in [9.17, 15) is 13.2 Å². The lowest BCUT2D eigenvalue weighted by Crippen LogP contribution is -2.42. The smallest absolute Gasteiger partial charge is 0.380 e. The standard InChI is InChI=1S/C10H20F3NO/c1-4-9(3)14(6-7-15-5-2)8-10(11,12)13/h9H,4-8H2,1-3H3. The zero-order valence-corrected chi connectivity index (χ0v) is 9.60. The highest BCUT2D eigenvalue weighted by Gasteiger charge is 2.31. The fraction of sp³-hybridized carbons (Fsp3) is 1.00. The van der Waals surface area contributed by atoms with Crippen LogP contribution in [0.4, 0.5) is 13.2 Å². The van der Waals surface area contributed by atoms with E-state index in [0.29, 0.717) is 26.2 Å². The van der Waals surface area contributed by atoms with Gasteiger partial charge >= 0.3 is 6.18 Å². The van der Waals surface area contributed by atoms with Crippen molar-refractivity contribution < 1.29 is 17.9 Å². The number of nitrogens with zero attached hydrogens (tertiary/aromatic N) is 1. The summed E-state index contributed by atoms with van der Waals surface area (Å²) in [5.41, 5.74) is 0. The molecule has 0 aromatic rings. The van der Waals surface area contributed by atoms with Crippen LogP contribution in [0.2, 0.25) is 0 Å². The van der Waals surface area contributed by atoms with E-state index in [1.54, 1.807) is 6.92 Å². The Morgan fingerprint density at radius 3 is 2.27 bits per heavy atom. The molecule has 0 heterocycles. The van der Waals surface area contributed by atoms with Crippen LogP contribution in [-0.2, 0) is 4.74 Å². The molecule has 0 fully saturated rings. The van der Waals surface area contributed by atoms with E-state index >= 15 is 0 Å². The van der Waals surface area contributed by atoms with E-state index in [-0.39, 0.29) is 6.04 Å². The van der Waals surface area contributed by atoms with Crippen molar-refractivity contribution in [2.45, 2.75) is 39.4 Å². The SMILES string of the molecule is CCOCCN(CC(F)(F)F)C(C)CC. The summed E-state index contributed by atoms with van der Waals surface area (Å²) in [5.74, 6) is 0. The lowest BCUT2D eigenvalue weighted by molar-refractivity contribution is -0.151. The summed E-state index contributed by atoms with van der Waals surface area (Å²) in [6.45, 7) is 5.90. The Bertz CT molecular complexity index is 161. The van der Waals surface area contributed by atoms with Gasteiger partial charge in [0, 0.05) is 19.2 Å². The van der Waals surface area contributed by atoms with Crippen LogP contribution in [0.25, 0.3) is 0 Å². The van der Waals surface area contributed by atoms with Crippen LogP contribution >= 0.6 is 0 Å². The van der Waals surface area contributed by atoms with Crippen LogP contribution in [0.5, 0.6) is 0 Å². The van der Waals surface area contributed by atoms with Crippen LogP contribution in [-0.4, -0.2) is 43.4 Å². The lowest BCUT2D eigenvalue weighted by atomic mass is 10.2. The summed E-state index contributed by atoms with van der Waals surface area (Å²) in [6, 6.07) is -0.0629. The van der Waals surface area contributed by atoms with Gasteiger partial charge in [-0.1, -0.05) is 6.92 Å². The molecule has 1 atom stereocenters. The van der Waals surface area contributed by atoms with Gasteiger partial charge in [-0.3, -0.25) is 4.90 Å². The molecule has 0 saturated carbocycles. The van der Waals surface area contributed by atoms with Crippen molar-refractivity contribution in [2.24, 2.45) is 0 Å². The van der Waals surface area contributed by atoms with Gasteiger partial charge in [-0.15, -0.1) is 0 Å². The molecule has 1 unspecified atom stereocenters. The van der Waals surface area contributed by atoms with Crippen LogP contribution in [0.15, 0.2) is 0 Å². The summed E-state index contributed by atoms with van der Waals surface area (Å²) in [7, 11) is 0. The second-order valence-electron chi connectivity index (χ2n) is 3.54. The molecule has 0 aromatic carbocycles. The van der Waals surface area contributed by atoms with Gasteiger partial charge in [-0.05, 0) is 20.3 Å². The maximum atomic E-state index is 12.2. The third-order valence-electron chi connectivity index (χ3n) is 2.32. The predicted octanol–water partition coefficient (Wildman–Crippen LogP) is 2.69. The van der Waals surface area contributed by atoms with Crippen molar-refractivity contribution >= 4 is 0 Å². The third-order valence-corrected chi connectivity index (χ3v) is 2.32. The highest BCUT2D eigenvalue weighted by Crippen LogP contribution is 2.18. The minimum Gasteiger partial charge on any atom is -0.380 e. The molecule has 0 bridgehead atoms. The molecule has 92 valence electrons. The van der Waals surface area contributed by atoms with Gasteiger partial charge in [0.05, 0.1) is 13.2 Å². The highest BCUT2D eigenvalue weighted by molar-refractivity contribution is 4.69. The second kappa shape index (κ2) is 7.06. The van der Waals surface area contributed by atoms with Gasteiger partial charge < -0.3 is 4.74 Å². The lowest BCUT2D eigenvalue weighted by Gasteiger charge is -2.28. The molecule has 0 aromatic heterocycles. The van der Waals surface area contributed by atoms with Gasteiger partial charge in [-0.2, -0.15) is 13.2 Å². The molecule has 0 rings (SSSR count). The van der Waals surface area contributed by atoms with Crippen molar-refractivity contribution in [1.29, 1.82) is 0 Å². The van der Waals surface area contributed by atoms with Crippen LogP contribution in [0.3, 0.4) is 0 Å². The highest BCUT2D eigenvalue weighted by atomic mass is 19.4. The fourth-order valence-electron chi connectivity index (χ4n) is 1.27. The topological polar surface area (TPSA) is 12.5 Å². The summed E-state index contributed by atoms with van der Waals surface area (Å²) in [5, 5.41) is 0. The molecule has 0 N–H and O–H groups in total. The van der Waals surface area contributed by atoms with Crippen molar-refractivity contribution in [1.82, 2.24) is 4.90 Å². The van der Waals surface area contributed by atoms with Crippen LogP contribution in [0, 0.1) is 0 Å². The minimum absolute atomic E-state index is 0.0629. The van der Waals surface area contributed by atoms with Gasteiger partial charge in [0.2, 0.25) is 0 Å². The molecule has 0 spiro atoms. The fourth-order valence-corrected chi connectivity index (χ4v) is 1.27. The summed E-state index contributed by atoms with van der Waals surface area (Å²) >= 11 is 0. The molecule has 0 aliphatic heterocycles. The largest absolute Gasteiger partial charge is 0.401 e. The molecule has 0 aliphatic rings. The first-order valence-electron chi connectivity index (χ1n) is 5.29. The molecule has 0 radical (unpaired) electrons. The van der Waals surface area contributed by atoms with E-state index in [2.05, 4.69) is 0 Å². The Morgan fingerprint density at radius 1 is 1.27 bits per heavy atom. The second-order valence-corrected chi connectivity index (χ2v) is 3.54. The molecule has 0 amide bonds. The van der Waals surface area contributed by atoms with Crippen molar-refractivity contribution in [2.75, 3.05) is 26.3 Å². The summed E-state index contributed by atoms with van der Waals surface area (Å²) in [6.07, 6.45) is -3.42. The Morgan fingerprint density at radius 2 is 1.87 bits per heavy atom. The number of hydrogen-bond acceptors (Lipinski definition) is 2. The zero-order valence-electron chi connectivity index (χ0n) is 9.60. The molecule has 2 nitrogen and oxygen atoms in total. The first-order valence-corrected chi connectivity index (χ1v) is 5.29. The maximum absolute atomic E-state index is 12.2. The van der Waals surface area contributed by atoms with Gasteiger partial charge in [0.25, 0.3) is 0 Å². The molecular weight excluding hydrogens is 207 g/mol. The molecule has 0 saturated heterocycles. The van der Waals surface area contributed by atoms with E-state index in [1.807, 2.05) is 13.8 Å². The average molecular weight is 227 g/mol. The van der Waals surface area contributed by atoms with Gasteiger partial charge in [0.15, 0.2) is 0 Å². The van der Waals surface area contributed by atoms with E-state index < -0.39 is 12.7 Å². The number of rotatable bonds is 7. The number of ether oxygens (including phenoxy) is 1. The van der Waals surface area contributed by atoms with E-state index in [1.165, 1.54) is 4.90 Å². The first-order chi connectivity index (χ1) is 6.90. The zero-order chi connectivity index (χ0) is 11.9. The number of hydrogen-bond donors (Lipinski definition) is 0. The third kappa shape index (κ3) is 7.62. The first kappa shape index (κ1) is 14.7. The van der Waals surface area contributed by atoms with Gasteiger partial charge in [0.1, 0.15) is 0 Å². The average Bonchev–Trinajstić information content (AvgIpc) is 2.13. The van der Waals surface area contributed by atoms with Crippen molar-refractivity contribution in [3.05, 3.63) is 0 Å². The summed E-state index contributed by atoms with van der Waals surface area (Å²) < 4.78 is 41.8. The van der Waals surface area contributed by atoms with E-state index in [4.69, 9.17) is 4.74 Å². The molecular formula is C10H20F3NO. The van der Waals surface area contributed by atoms with Crippen LogP contribution < -0.4 is 0 Å². The molecule has 15 heavy (non-hydrogen) atoms.